The number of carboxylic acid groups (broad SMARTS) is 1. The van der Waals surface area contributed by atoms with Crippen molar-refractivity contribution in [2.45, 2.75) is 26.4 Å². The molecule has 1 aromatic rings. The second kappa shape index (κ2) is 5.95. The van der Waals surface area contributed by atoms with E-state index < -0.39 is 23.6 Å². The summed E-state index contributed by atoms with van der Waals surface area (Å²) in [4.78, 5) is 37.3. The highest BCUT2D eigenvalue weighted by Gasteiger charge is 2.23. The topological polar surface area (TPSA) is 101 Å². The van der Waals surface area contributed by atoms with Gasteiger partial charge in [-0.1, -0.05) is 13.8 Å². The van der Waals surface area contributed by atoms with Crippen molar-refractivity contribution in [1.29, 1.82) is 0 Å². The molecule has 0 unspecified atom stereocenters. The Labute approximate surface area is 103 Å². The fraction of sp³-hybridized carbons (Fsp3) is 0.455. The zero-order valence-corrected chi connectivity index (χ0v) is 10.2. The number of amides is 1. The molecule has 0 saturated carbocycles. The molecule has 18 heavy (non-hydrogen) atoms. The van der Waals surface area contributed by atoms with Crippen molar-refractivity contribution in [3.63, 3.8) is 0 Å². The van der Waals surface area contributed by atoms with E-state index in [0.717, 1.165) is 4.57 Å². The summed E-state index contributed by atoms with van der Waals surface area (Å²) in [5, 5.41) is 11.3. The molecule has 1 aromatic heterocycles. The number of aliphatic carboxylic acids is 1. The van der Waals surface area contributed by atoms with Gasteiger partial charge in [0.25, 0.3) is 0 Å². The van der Waals surface area contributed by atoms with Crippen LogP contribution in [-0.4, -0.2) is 32.6 Å². The quantitative estimate of drug-likeness (QED) is 0.734. The van der Waals surface area contributed by atoms with E-state index in [1.54, 1.807) is 13.8 Å². The van der Waals surface area contributed by atoms with Crippen LogP contribution in [-0.2, 0) is 16.1 Å². The number of carbonyl (C=O) groups is 2. The molecule has 0 radical (unpaired) electrons. The van der Waals surface area contributed by atoms with Gasteiger partial charge in [0.15, 0.2) is 0 Å². The fourth-order valence-electron chi connectivity index (χ4n) is 1.39. The van der Waals surface area contributed by atoms with E-state index in [1.807, 2.05) is 0 Å². The minimum absolute atomic E-state index is 0.239. The molecular weight excluding hydrogens is 238 g/mol. The predicted molar refractivity (Wildman–Crippen MR) is 62.9 cm³/mol. The van der Waals surface area contributed by atoms with Crippen LogP contribution in [0.3, 0.4) is 0 Å². The molecule has 0 spiro atoms. The molecule has 0 bridgehead atoms. The standard InChI is InChI=1S/C11H15N3O4/c1-7(2)9(10(16)17)13-8(15)6-14-5-3-4-12-11(14)18/h3-5,7,9H,6H2,1-2H3,(H,13,15)(H,16,17)/t9-/m1/s1. The zero-order chi connectivity index (χ0) is 13.7. The lowest BCUT2D eigenvalue weighted by Crippen LogP contribution is -2.46. The van der Waals surface area contributed by atoms with Crippen LogP contribution in [0.5, 0.6) is 0 Å². The van der Waals surface area contributed by atoms with Crippen molar-refractivity contribution < 1.29 is 14.7 Å². The molecule has 98 valence electrons. The Kier molecular flexibility index (Phi) is 4.59. The Morgan fingerprint density at radius 2 is 2.17 bits per heavy atom. The van der Waals surface area contributed by atoms with Crippen LogP contribution < -0.4 is 11.0 Å². The van der Waals surface area contributed by atoms with E-state index in [2.05, 4.69) is 10.3 Å². The first-order valence-corrected chi connectivity index (χ1v) is 5.45. The van der Waals surface area contributed by atoms with Crippen molar-refractivity contribution in [2.24, 2.45) is 5.92 Å². The van der Waals surface area contributed by atoms with Crippen LogP contribution in [0.15, 0.2) is 23.3 Å². The second-order valence-corrected chi connectivity index (χ2v) is 4.16. The number of nitrogens with one attached hydrogen (secondary N) is 1. The van der Waals surface area contributed by atoms with Crippen molar-refractivity contribution in [2.75, 3.05) is 0 Å². The molecule has 0 saturated heterocycles. The van der Waals surface area contributed by atoms with Gasteiger partial charge < -0.3 is 10.4 Å². The molecule has 1 rings (SSSR count). The summed E-state index contributed by atoms with van der Waals surface area (Å²) in [6.07, 6.45) is 2.74. The molecular formula is C11H15N3O4. The Hall–Kier alpha value is -2.18. The van der Waals surface area contributed by atoms with Crippen molar-refractivity contribution >= 4 is 11.9 Å². The van der Waals surface area contributed by atoms with Crippen LogP contribution in [0.2, 0.25) is 0 Å². The fourth-order valence-corrected chi connectivity index (χ4v) is 1.39. The minimum Gasteiger partial charge on any atom is -0.480 e. The van der Waals surface area contributed by atoms with E-state index in [1.165, 1.54) is 18.5 Å². The summed E-state index contributed by atoms with van der Waals surface area (Å²) in [6, 6.07) is 0.552. The lowest BCUT2D eigenvalue weighted by atomic mass is 10.1. The molecule has 1 heterocycles. The lowest BCUT2D eigenvalue weighted by Gasteiger charge is -2.17. The third-order valence-corrected chi connectivity index (χ3v) is 2.35. The molecule has 0 aliphatic rings. The molecule has 0 aromatic carbocycles. The summed E-state index contributed by atoms with van der Waals surface area (Å²) in [7, 11) is 0. The van der Waals surface area contributed by atoms with Crippen molar-refractivity contribution in [3.05, 3.63) is 28.9 Å². The van der Waals surface area contributed by atoms with Gasteiger partial charge in [-0.2, -0.15) is 0 Å². The van der Waals surface area contributed by atoms with E-state index in [0.29, 0.717) is 0 Å². The Morgan fingerprint density at radius 3 is 2.67 bits per heavy atom. The van der Waals surface area contributed by atoms with Gasteiger partial charge in [0.2, 0.25) is 5.91 Å². The van der Waals surface area contributed by atoms with E-state index in [4.69, 9.17) is 5.11 Å². The predicted octanol–water partition coefficient (Wildman–Crippen LogP) is -0.531. The third-order valence-electron chi connectivity index (χ3n) is 2.35. The summed E-state index contributed by atoms with van der Waals surface area (Å²) < 4.78 is 1.11. The molecule has 0 aliphatic heterocycles. The van der Waals surface area contributed by atoms with Crippen LogP contribution in [0.4, 0.5) is 0 Å². The first-order valence-electron chi connectivity index (χ1n) is 5.45. The Balaban J connectivity index is 2.70. The number of aromatic nitrogens is 2. The number of rotatable bonds is 5. The van der Waals surface area contributed by atoms with Gasteiger partial charge in [-0.05, 0) is 12.0 Å². The van der Waals surface area contributed by atoms with Crippen molar-refractivity contribution in [3.8, 4) is 0 Å². The highest BCUT2D eigenvalue weighted by Crippen LogP contribution is 2.01. The SMILES string of the molecule is CC(C)[C@@H](NC(=O)Cn1cccnc1=O)C(=O)O. The number of carbonyl (C=O) groups excluding carboxylic acids is 1. The van der Waals surface area contributed by atoms with E-state index >= 15 is 0 Å². The molecule has 1 amide bonds. The van der Waals surface area contributed by atoms with Gasteiger partial charge in [-0.15, -0.1) is 0 Å². The maximum Gasteiger partial charge on any atom is 0.347 e. The summed E-state index contributed by atoms with van der Waals surface area (Å²) in [5.41, 5.74) is -0.552. The maximum absolute atomic E-state index is 11.6. The highest BCUT2D eigenvalue weighted by molar-refractivity contribution is 5.83. The minimum atomic E-state index is -1.10. The molecule has 1 atom stereocenters. The van der Waals surface area contributed by atoms with Gasteiger partial charge in [-0.25, -0.2) is 14.6 Å². The third kappa shape index (κ3) is 3.69. The highest BCUT2D eigenvalue weighted by atomic mass is 16.4. The van der Waals surface area contributed by atoms with Crippen molar-refractivity contribution in [1.82, 2.24) is 14.9 Å². The number of hydrogen-bond donors (Lipinski definition) is 2. The van der Waals surface area contributed by atoms with Gasteiger partial charge in [0.1, 0.15) is 12.6 Å². The molecule has 2 N–H and O–H groups in total. The first-order chi connectivity index (χ1) is 8.41. The van der Waals surface area contributed by atoms with Gasteiger partial charge in [0.05, 0.1) is 0 Å². The zero-order valence-electron chi connectivity index (χ0n) is 10.2. The molecule has 7 nitrogen and oxygen atoms in total. The molecule has 0 fully saturated rings. The average Bonchev–Trinajstić information content (AvgIpc) is 2.28. The van der Waals surface area contributed by atoms with Gasteiger partial charge in [-0.3, -0.25) is 9.36 Å². The maximum atomic E-state index is 11.6. The van der Waals surface area contributed by atoms with Crippen LogP contribution in [0.1, 0.15) is 13.8 Å². The van der Waals surface area contributed by atoms with Crippen LogP contribution in [0.25, 0.3) is 0 Å². The van der Waals surface area contributed by atoms with Gasteiger partial charge in [0, 0.05) is 12.4 Å². The number of carboxylic acids is 1. The smallest absolute Gasteiger partial charge is 0.347 e. The molecule has 7 heteroatoms. The van der Waals surface area contributed by atoms with Crippen LogP contribution in [0, 0.1) is 5.92 Å². The average molecular weight is 253 g/mol. The van der Waals surface area contributed by atoms with E-state index in [-0.39, 0.29) is 12.5 Å². The summed E-state index contributed by atoms with van der Waals surface area (Å²) in [5.74, 6) is -1.87. The normalized spacial score (nSPS) is 12.2. The number of nitrogens with zero attached hydrogens (tertiary/aromatic N) is 2. The van der Waals surface area contributed by atoms with Gasteiger partial charge >= 0.3 is 11.7 Å². The lowest BCUT2D eigenvalue weighted by molar-refractivity contribution is -0.143. The molecule has 0 aliphatic carbocycles. The Morgan fingerprint density at radius 1 is 1.50 bits per heavy atom. The second-order valence-electron chi connectivity index (χ2n) is 4.16. The first kappa shape index (κ1) is 13.9. The number of hydrogen-bond acceptors (Lipinski definition) is 4. The summed E-state index contributed by atoms with van der Waals surface area (Å²) in [6.45, 7) is 3.13. The van der Waals surface area contributed by atoms with Crippen LogP contribution >= 0.6 is 0 Å². The van der Waals surface area contributed by atoms with E-state index in [9.17, 15) is 14.4 Å². The largest absolute Gasteiger partial charge is 0.480 e. The summed E-state index contributed by atoms with van der Waals surface area (Å²) >= 11 is 0. The Bertz CT molecular complexity index is 495. The monoisotopic (exact) mass is 253 g/mol.